The number of rotatable bonds is 6. The molecule has 0 aliphatic carbocycles. The molecule has 0 amide bonds. The third-order valence-electron chi connectivity index (χ3n) is 3.64. The Balaban J connectivity index is 1.98. The van der Waals surface area contributed by atoms with Gasteiger partial charge in [0.1, 0.15) is 11.6 Å². The molecule has 0 aliphatic rings. The van der Waals surface area contributed by atoms with Crippen LogP contribution >= 0.6 is 15.9 Å². The normalized spacial score (nSPS) is 11.8. The second-order valence-electron chi connectivity index (χ2n) is 5.81. The van der Waals surface area contributed by atoms with E-state index in [1.165, 1.54) is 12.1 Å². The first-order valence-electron chi connectivity index (χ1n) is 8.09. The Bertz CT molecular complexity index is 892. The van der Waals surface area contributed by atoms with Crippen molar-refractivity contribution in [1.82, 2.24) is 9.97 Å². The van der Waals surface area contributed by atoms with Gasteiger partial charge in [-0.25, -0.2) is 9.37 Å². The summed E-state index contributed by atoms with van der Waals surface area (Å²) in [5.41, 5.74) is 2.36. The Labute approximate surface area is 159 Å². The topological polar surface area (TPSA) is 70.1 Å². The number of hydrogen-bond donors (Lipinski definition) is 3. The van der Waals surface area contributed by atoms with E-state index in [9.17, 15) is 9.50 Å². The van der Waals surface area contributed by atoms with E-state index in [0.29, 0.717) is 21.9 Å². The van der Waals surface area contributed by atoms with Gasteiger partial charge in [-0.3, -0.25) is 0 Å². The minimum atomic E-state index is -0.325. The zero-order chi connectivity index (χ0) is 18.5. The van der Waals surface area contributed by atoms with E-state index in [1.54, 1.807) is 6.07 Å². The second-order valence-corrected chi connectivity index (χ2v) is 6.66. The molecule has 1 atom stereocenters. The minimum Gasteiger partial charge on any atom is -0.394 e. The van der Waals surface area contributed by atoms with E-state index in [0.717, 1.165) is 11.3 Å². The fraction of sp³-hybridized carbons (Fsp3) is 0.158. The highest BCUT2D eigenvalue weighted by Gasteiger charge is 2.10. The van der Waals surface area contributed by atoms with Crippen LogP contribution in [0.5, 0.6) is 0 Å². The number of aliphatic hydroxyl groups excluding tert-OH is 1. The average Bonchev–Trinajstić information content (AvgIpc) is 2.64. The predicted molar refractivity (Wildman–Crippen MR) is 105 cm³/mol. The molecule has 134 valence electrons. The molecule has 0 bridgehead atoms. The average molecular weight is 417 g/mol. The molecule has 5 nitrogen and oxygen atoms in total. The molecule has 2 aromatic carbocycles. The Morgan fingerprint density at radius 1 is 1.12 bits per heavy atom. The van der Waals surface area contributed by atoms with Crippen LogP contribution in [0.4, 0.5) is 21.8 Å². The van der Waals surface area contributed by atoms with Crippen LogP contribution in [-0.2, 0) is 0 Å². The number of anilines is 3. The molecule has 7 heteroatoms. The van der Waals surface area contributed by atoms with Gasteiger partial charge < -0.3 is 15.7 Å². The van der Waals surface area contributed by atoms with Gasteiger partial charge in [-0.2, -0.15) is 4.98 Å². The van der Waals surface area contributed by atoms with Gasteiger partial charge in [-0.1, -0.05) is 30.3 Å². The predicted octanol–water partition coefficient (Wildman–Crippen LogP) is 4.58. The Hall–Kier alpha value is -2.51. The lowest BCUT2D eigenvalue weighted by atomic mass is 10.1. The maximum atomic E-state index is 13.3. The summed E-state index contributed by atoms with van der Waals surface area (Å²) in [4.78, 5) is 8.97. The summed E-state index contributed by atoms with van der Waals surface area (Å²) in [6.07, 6.45) is 0. The fourth-order valence-corrected chi connectivity index (χ4v) is 2.78. The van der Waals surface area contributed by atoms with Crippen molar-refractivity contribution in [3.8, 4) is 11.3 Å². The first-order valence-corrected chi connectivity index (χ1v) is 8.88. The zero-order valence-electron chi connectivity index (χ0n) is 14.1. The van der Waals surface area contributed by atoms with Crippen molar-refractivity contribution in [2.24, 2.45) is 0 Å². The highest BCUT2D eigenvalue weighted by molar-refractivity contribution is 9.10. The van der Waals surface area contributed by atoms with Gasteiger partial charge >= 0.3 is 0 Å². The Morgan fingerprint density at radius 3 is 2.58 bits per heavy atom. The van der Waals surface area contributed by atoms with Gasteiger partial charge in [-0.05, 0) is 41.1 Å². The zero-order valence-corrected chi connectivity index (χ0v) is 15.7. The summed E-state index contributed by atoms with van der Waals surface area (Å²) in [6, 6.07) is 15.7. The van der Waals surface area contributed by atoms with Crippen molar-refractivity contribution in [2.75, 3.05) is 17.2 Å². The number of hydrogen-bond acceptors (Lipinski definition) is 5. The summed E-state index contributed by atoms with van der Waals surface area (Å²) < 4.78 is 13.9. The van der Waals surface area contributed by atoms with E-state index in [1.807, 2.05) is 43.3 Å². The van der Waals surface area contributed by atoms with Crippen molar-refractivity contribution >= 4 is 33.4 Å². The highest BCUT2D eigenvalue weighted by atomic mass is 79.9. The molecule has 3 rings (SSSR count). The number of nitrogens with one attached hydrogen (secondary N) is 2. The second kappa shape index (κ2) is 8.25. The highest BCUT2D eigenvalue weighted by Crippen LogP contribution is 2.28. The van der Waals surface area contributed by atoms with Gasteiger partial charge in [-0.15, -0.1) is 0 Å². The van der Waals surface area contributed by atoms with Crippen LogP contribution in [0.15, 0.2) is 59.1 Å². The van der Waals surface area contributed by atoms with Crippen LogP contribution < -0.4 is 10.6 Å². The SMILES string of the molecule is C[C@@H](CO)Nc1nc(Nc2ccc(F)cc2Br)cc(-c2ccccc2)n1. The smallest absolute Gasteiger partial charge is 0.225 e. The van der Waals surface area contributed by atoms with Gasteiger partial charge in [0.2, 0.25) is 5.95 Å². The van der Waals surface area contributed by atoms with Crippen molar-refractivity contribution in [2.45, 2.75) is 13.0 Å². The quantitative estimate of drug-likeness (QED) is 0.548. The van der Waals surface area contributed by atoms with Crippen molar-refractivity contribution < 1.29 is 9.50 Å². The van der Waals surface area contributed by atoms with Gasteiger partial charge in [0.05, 0.1) is 18.0 Å². The van der Waals surface area contributed by atoms with Gasteiger partial charge in [0.15, 0.2) is 0 Å². The molecular weight excluding hydrogens is 399 g/mol. The van der Waals surface area contributed by atoms with Crippen LogP contribution in [0.25, 0.3) is 11.3 Å². The lowest BCUT2D eigenvalue weighted by Crippen LogP contribution is -2.21. The third-order valence-corrected chi connectivity index (χ3v) is 4.30. The van der Waals surface area contributed by atoms with Gasteiger partial charge in [0, 0.05) is 22.1 Å². The lowest BCUT2D eigenvalue weighted by molar-refractivity contribution is 0.281. The van der Waals surface area contributed by atoms with Crippen LogP contribution in [0, 0.1) is 5.82 Å². The summed E-state index contributed by atoms with van der Waals surface area (Å²) in [5.74, 6) is 0.627. The van der Waals surface area contributed by atoms with E-state index < -0.39 is 0 Å². The molecule has 0 spiro atoms. The minimum absolute atomic E-state index is 0.0365. The Kier molecular flexibility index (Phi) is 5.80. The molecule has 0 radical (unpaired) electrons. The molecule has 0 aliphatic heterocycles. The Morgan fingerprint density at radius 2 is 1.88 bits per heavy atom. The number of benzene rings is 2. The van der Waals surface area contributed by atoms with Crippen LogP contribution in [0.1, 0.15) is 6.92 Å². The summed E-state index contributed by atoms with van der Waals surface area (Å²) >= 11 is 3.34. The van der Waals surface area contributed by atoms with Crippen molar-refractivity contribution in [3.63, 3.8) is 0 Å². The lowest BCUT2D eigenvalue weighted by Gasteiger charge is -2.15. The number of aliphatic hydroxyl groups is 1. The van der Waals surface area contributed by atoms with Crippen molar-refractivity contribution in [3.05, 3.63) is 64.9 Å². The van der Waals surface area contributed by atoms with Crippen LogP contribution in [0.3, 0.4) is 0 Å². The standard InChI is InChI=1S/C19H18BrFN4O/c1-12(11-26)22-19-24-17(13-5-3-2-4-6-13)10-18(25-19)23-16-8-7-14(21)9-15(16)20/h2-10,12,26H,11H2,1H3,(H2,22,23,24,25)/t12-/m0/s1. The molecule has 26 heavy (non-hydrogen) atoms. The largest absolute Gasteiger partial charge is 0.394 e. The first-order chi connectivity index (χ1) is 12.5. The maximum absolute atomic E-state index is 13.3. The van der Waals surface area contributed by atoms with Crippen LogP contribution in [-0.4, -0.2) is 27.7 Å². The first kappa shape index (κ1) is 18.3. The third kappa shape index (κ3) is 4.56. The van der Waals surface area contributed by atoms with E-state index >= 15 is 0 Å². The molecule has 0 saturated heterocycles. The molecule has 3 aromatic rings. The fourth-order valence-electron chi connectivity index (χ4n) is 2.33. The molecule has 0 unspecified atom stereocenters. The maximum Gasteiger partial charge on any atom is 0.225 e. The number of aromatic nitrogens is 2. The molecule has 0 fully saturated rings. The van der Waals surface area contributed by atoms with Crippen molar-refractivity contribution in [1.29, 1.82) is 0 Å². The molecular formula is C19H18BrFN4O. The van der Waals surface area contributed by atoms with Crippen LogP contribution in [0.2, 0.25) is 0 Å². The monoisotopic (exact) mass is 416 g/mol. The van der Waals surface area contributed by atoms with E-state index in [-0.39, 0.29) is 18.5 Å². The molecule has 1 heterocycles. The summed E-state index contributed by atoms with van der Waals surface area (Å²) in [7, 11) is 0. The van der Waals surface area contributed by atoms with E-state index in [2.05, 4.69) is 36.5 Å². The van der Waals surface area contributed by atoms with Gasteiger partial charge in [0.25, 0.3) is 0 Å². The summed E-state index contributed by atoms with van der Waals surface area (Å²) in [5, 5.41) is 15.5. The number of halogens is 2. The number of nitrogens with zero attached hydrogens (tertiary/aromatic N) is 2. The molecule has 3 N–H and O–H groups in total. The molecule has 1 aromatic heterocycles. The molecule has 0 saturated carbocycles. The summed E-state index contributed by atoms with van der Waals surface area (Å²) in [6.45, 7) is 1.80. The van der Waals surface area contributed by atoms with E-state index in [4.69, 9.17) is 0 Å².